The van der Waals surface area contributed by atoms with Crippen LogP contribution in [-0.2, 0) is 10.2 Å². The van der Waals surface area contributed by atoms with Crippen LogP contribution in [0.25, 0.3) is 0 Å². The van der Waals surface area contributed by atoms with Crippen molar-refractivity contribution in [3.8, 4) is 0 Å². The van der Waals surface area contributed by atoms with Crippen LogP contribution in [0.1, 0.15) is 37.8 Å². The van der Waals surface area contributed by atoms with E-state index in [1.54, 1.807) is 19.4 Å². The third kappa shape index (κ3) is 5.35. The first kappa shape index (κ1) is 16.4. The molecule has 118 valence electrons. The van der Waals surface area contributed by atoms with E-state index in [0.29, 0.717) is 12.6 Å². The van der Waals surface area contributed by atoms with Crippen LogP contribution in [0.4, 0.5) is 0 Å². The van der Waals surface area contributed by atoms with Gasteiger partial charge in [-0.25, -0.2) is 0 Å². The molecule has 2 rings (SSSR count). The van der Waals surface area contributed by atoms with Crippen LogP contribution in [0.15, 0.2) is 24.5 Å². The average Bonchev–Trinajstić information content (AvgIpc) is 3.28. The molecular weight excluding hydrogens is 288 g/mol. The first-order chi connectivity index (χ1) is 9.99. The van der Waals surface area contributed by atoms with Crippen molar-refractivity contribution in [2.45, 2.75) is 38.3 Å². The zero-order valence-electron chi connectivity index (χ0n) is 12.6. The van der Waals surface area contributed by atoms with E-state index in [1.807, 2.05) is 19.1 Å². The smallest absolute Gasteiger partial charge is 0.279 e. The Bertz CT molecular complexity index is 531. The Kier molecular flexibility index (Phi) is 5.69. The topological polar surface area (TPSA) is 74.3 Å². The molecule has 21 heavy (non-hydrogen) atoms. The number of aromatic nitrogens is 1. The Balaban J connectivity index is 1.78. The van der Waals surface area contributed by atoms with Crippen LogP contribution in [-0.4, -0.2) is 43.9 Å². The van der Waals surface area contributed by atoms with Crippen molar-refractivity contribution in [2.75, 3.05) is 20.1 Å². The summed E-state index contributed by atoms with van der Waals surface area (Å²) in [6, 6.07) is 4.02. The molecule has 1 heterocycles. The maximum atomic E-state index is 12.2. The van der Waals surface area contributed by atoms with Crippen molar-refractivity contribution in [1.29, 1.82) is 0 Å². The van der Waals surface area contributed by atoms with E-state index >= 15 is 0 Å². The fraction of sp³-hybridized carbons (Fsp3) is 0.643. The first-order valence-corrected chi connectivity index (χ1v) is 8.80. The lowest BCUT2D eigenvalue weighted by Crippen LogP contribution is -2.40. The highest BCUT2D eigenvalue weighted by molar-refractivity contribution is 7.87. The summed E-state index contributed by atoms with van der Waals surface area (Å²) in [4.78, 5) is 3.93. The van der Waals surface area contributed by atoms with Crippen LogP contribution in [0, 0.1) is 0 Å². The summed E-state index contributed by atoms with van der Waals surface area (Å²) in [5, 5.41) is 3.38. The number of pyridine rings is 1. The lowest BCUT2D eigenvalue weighted by molar-refractivity contribution is 0.438. The van der Waals surface area contributed by atoms with Crippen molar-refractivity contribution in [1.82, 2.24) is 19.3 Å². The highest BCUT2D eigenvalue weighted by Crippen LogP contribution is 2.18. The molecule has 1 unspecified atom stereocenters. The molecule has 2 N–H and O–H groups in total. The van der Waals surface area contributed by atoms with E-state index in [0.717, 1.165) is 18.5 Å². The van der Waals surface area contributed by atoms with E-state index < -0.39 is 10.2 Å². The summed E-state index contributed by atoms with van der Waals surface area (Å²) in [6.45, 7) is 3.21. The molecule has 0 bridgehead atoms. The highest BCUT2D eigenvalue weighted by atomic mass is 32.2. The summed E-state index contributed by atoms with van der Waals surface area (Å²) in [5.74, 6) is 0. The minimum atomic E-state index is -3.46. The SMILES string of the molecule is CC(NS(=O)(=O)N(C)CCCNC1CC1)c1ccncc1. The normalized spacial score (nSPS) is 17.1. The predicted molar refractivity (Wildman–Crippen MR) is 83.0 cm³/mol. The van der Waals surface area contributed by atoms with Crippen LogP contribution < -0.4 is 10.0 Å². The van der Waals surface area contributed by atoms with Crippen molar-refractivity contribution < 1.29 is 8.42 Å². The lowest BCUT2D eigenvalue weighted by atomic mass is 10.1. The Hall–Kier alpha value is -1.02. The molecule has 0 amide bonds. The molecule has 0 radical (unpaired) electrons. The second kappa shape index (κ2) is 7.31. The lowest BCUT2D eigenvalue weighted by Gasteiger charge is -2.21. The standard InChI is InChI=1S/C14H24N4O2S/c1-12(13-6-9-15-10-7-13)17-21(19,20)18(2)11-3-8-16-14-4-5-14/h6-7,9-10,12,14,16-17H,3-5,8,11H2,1-2H3. The van der Waals surface area contributed by atoms with Crippen molar-refractivity contribution in [2.24, 2.45) is 0 Å². The molecule has 0 aromatic carbocycles. The van der Waals surface area contributed by atoms with Gasteiger partial charge < -0.3 is 5.32 Å². The largest absolute Gasteiger partial charge is 0.314 e. The number of nitrogens with one attached hydrogen (secondary N) is 2. The van der Waals surface area contributed by atoms with Gasteiger partial charge in [-0.05, 0) is 50.4 Å². The maximum Gasteiger partial charge on any atom is 0.279 e. The average molecular weight is 312 g/mol. The fourth-order valence-electron chi connectivity index (χ4n) is 2.05. The van der Waals surface area contributed by atoms with E-state index in [2.05, 4.69) is 15.0 Å². The van der Waals surface area contributed by atoms with Gasteiger partial charge in [0.05, 0.1) is 0 Å². The summed E-state index contributed by atoms with van der Waals surface area (Å²) >= 11 is 0. The maximum absolute atomic E-state index is 12.2. The number of hydrogen-bond donors (Lipinski definition) is 2. The molecule has 0 saturated heterocycles. The molecule has 0 aliphatic heterocycles. The second-order valence-electron chi connectivity index (χ2n) is 5.53. The second-order valence-corrected chi connectivity index (χ2v) is 7.34. The third-order valence-corrected chi connectivity index (χ3v) is 5.26. The summed E-state index contributed by atoms with van der Waals surface area (Å²) < 4.78 is 28.5. The zero-order valence-corrected chi connectivity index (χ0v) is 13.4. The number of rotatable bonds is 9. The molecule has 1 aliphatic carbocycles. The molecule has 1 aromatic rings. The molecule has 6 nitrogen and oxygen atoms in total. The van der Waals surface area contributed by atoms with Crippen LogP contribution in [0.3, 0.4) is 0 Å². The van der Waals surface area contributed by atoms with Gasteiger partial charge in [0.2, 0.25) is 0 Å². The molecule has 1 aliphatic rings. The molecule has 0 spiro atoms. The Morgan fingerprint density at radius 2 is 2.05 bits per heavy atom. The van der Waals surface area contributed by atoms with E-state index in [1.165, 1.54) is 17.1 Å². The van der Waals surface area contributed by atoms with Gasteiger partial charge >= 0.3 is 0 Å². The molecule has 1 aromatic heterocycles. The zero-order chi connectivity index (χ0) is 15.3. The van der Waals surface area contributed by atoms with Gasteiger partial charge in [-0.3, -0.25) is 4.98 Å². The Labute approximate surface area is 127 Å². The van der Waals surface area contributed by atoms with Crippen LogP contribution >= 0.6 is 0 Å². The molecule has 1 fully saturated rings. The highest BCUT2D eigenvalue weighted by Gasteiger charge is 2.22. The Morgan fingerprint density at radius 3 is 2.67 bits per heavy atom. The van der Waals surface area contributed by atoms with Gasteiger partial charge in [-0.15, -0.1) is 0 Å². The van der Waals surface area contributed by atoms with Gasteiger partial charge in [-0.1, -0.05) is 0 Å². The van der Waals surface area contributed by atoms with E-state index in [-0.39, 0.29) is 6.04 Å². The molecule has 1 atom stereocenters. The van der Waals surface area contributed by atoms with Gasteiger partial charge in [0.25, 0.3) is 10.2 Å². The molecular formula is C14H24N4O2S. The monoisotopic (exact) mass is 312 g/mol. The molecule has 1 saturated carbocycles. The van der Waals surface area contributed by atoms with Crippen LogP contribution in [0.2, 0.25) is 0 Å². The summed E-state index contributed by atoms with van der Waals surface area (Å²) in [5.41, 5.74) is 0.900. The van der Waals surface area contributed by atoms with E-state index in [9.17, 15) is 8.42 Å². The fourth-order valence-corrected chi connectivity index (χ4v) is 3.18. The number of hydrogen-bond acceptors (Lipinski definition) is 4. The van der Waals surface area contributed by atoms with E-state index in [4.69, 9.17) is 0 Å². The third-order valence-electron chi connectivity index (χ3n) is 3.60. The first-order valence-electron chi connectivity index (χ1n) is 7.36. The van der Waals surface area contributed by atoms with Gasteiger partial charge in [-0.2, -0.15) is 17.4 Å². The van der Waals surface area contributed by atoms with Crippen LogP contribution in [0.5, 0.6) is 0 Å². The quantitative estimate of drug-likeness (QED) is 0.669. The predicted octanol–water partition coefficient (Wildman–Crippen LogP) is 1.05. The van der Waals surface area contributed by atoms with Crippen molar-refractivity contribution in [3.63, 3.8) is 0 Å². The summed E-state index contributed by atoms with van der Waals surface area (Å²) in [6.07, 6.45) is 6.64. The number of nitrogens with zero attached hydrogens (tertiary/aromatic N) is 2. The minimum absolute atomic E-state index is 0.273. The van der Waals surface area contributed by atoms with Gasteiger partial charge in [0.1, 0.15) is 0 Å². The summed E-state index contributed by atoms with van der Waals surface area (Å²) in [7, 11) is -1.85. The molecule has 7 heteroatoms. The minimum Gasteiger partial charge on any atom is -0.314 e. The van der Waals surface area contributed by atoms with Crippen molar-refractivity contribution in [3.05, 3.63) is 30.1 Å². The van der Waals surface area contributed by atoms with Gasteiger partial charge in [0, 0.05) is 38.1 Å². The Morgan fingerprint density at radius 1 is 1.38 bits per heavy atom. The van der Waals surface area contributed by atoms with Crippen molar-refractivity contribution >= 4 is 10.2 Å². The van der Waals surface area contributed by atoms with Gasteiger partial charge in [0.15, 0.2) is 0 Å².